The average Bonchev–Trinajstić information content (AvgIpc) is 2.12. The summed E-state index contributed by atoms with van der Waals surface area (Å²) < 4.78 is 12.9. The number of carbonyl (C=O) groups excluding carboxylic acids is 1. The lowest BCUT2D eigenvalue weighted by Gasteiger charge is -2.19. The number of benzene rings is 1. The van der Waals surface area contributed by atoms with E-state index in [0.717, 1.165) is 0 Å². The van der Waals surface area contributed by atoms with Crippen LogP contribution in [-0.2, 0) is 4.79 Å². The Morgan fingerprint density at radius 2 is 2.23 bits per heavy atom. The maximum Gasteiger partial charge on any atom is 0.243 e. The number of nitrogens with one attached hydrogen (secondary N) is 2. The average molecular weight is 201 g/mol. The predicted molar refractivity (Wildman–Crippen MR) is 48.5 cm³/mol. The Kier molecular flexibility index (Phi) is 1.84. The monoisotopic (exact) mass is 200 g/mol. The SMILES string of the molecule is O=C1CNc2c(ccc(F)c2Cl)N1. The van der Waals surface area contributed by atoms with Crippen LogP contribution in [-0.4, -0.2) is 12.5 Å². The van der Waals surface area contributed by atoms with Crippen LogP contribution in [0.4, 0.5) is 15.8 Å². The molecule has 1 aliphatic heterocycles. The second-order valence-electron chi connectivity index (χ2n) is 2.69. The molecule has 2 N–H and O–H groups in total. The van der Waals surface area contributed by atoms with Gasteiger partial charge in [-0.1, -0.05) is 11.6 Å². The van der Waals surface area contributed by atoms with Crippen LogP contribution in [0.3, 0.4) is 0 Å². The smallest absolute Gasteiger partial charge is 0.243 e. The Morgan fingerprint density at radius 3 is 3.00 bits per heavy atom. The molecule has 5 heteroatoms. The van der Waals surface area contributed by atoms with Crippen molar-refractivity contribution in [2.75, 3.05) is 17.2 Å². The van der Waals surface area contributed by atoms with Crippen molar-refractivity contribution in [2.45, 2.75) is 0 Å². The molecule has 0 saturated heterocycles. The third-order valence-corrected chi connectivity index (χ3v) is 2.16. The maximum absolute atomic E-state index is 12.9. The van der Waals surface area contributed by atoms with Gasteiger partial charge in [0.2, 0.25) is 5.91 Å². The molecule has 1 aromatic rings. The van der Waals surface area contributed by atoms with Crippen LogP contribution in [0.25, 0.3) is 0 Å². The minimum absolute atomic E-state index is 0.0116. The fourth-order valence-electron chi connectivity index (χ4n) is 1.19. The van der Waals surface area contributed by atoms with Crippen molar-refractivity contribution in [1.29, 1.82) is 0 Å². The standard InChI is InChI=1S/C8H6ClFN2O/c9-7-4(10)1-2-5-8(7)11-3-6(13)12-5/h1-2,11H,3H2,(H,12,13). The topological polar surface area (TPSA) is 41.1 Å². The second-order valence-corrected chi connectivity index (χ2v) is 3.06. The van der Waals surface area contributed by atoms with E-state index < -0.39 is 5.82 Å². The zero-order valence-corrected chi connectivity index (χ0v) is 7.28. The number of hydrogen-bond donors (Lipinski definition) is 2. The first-order valence-corrected chi connectivity index (χ1v) is 4.08. The van der Waals surface area contributed by atoms with Crippen LogP contribution in [0.1, 0.15) is 0 Å². The number of carbonyl (C=O) groups is 1. The van der Waals surface area contributed by atoms with Crippen LogP contribution in [0.15, 0.2) is 12.1 Å². The molecule has 0 radical (unpaired) electrons. The molecular formula is C8H6ClFN2O. The van der Waals surface area contributed by atoms with E-state index in [4.69, 9.17) is 11.6 Å². The van der Waals surface area contributed by atoms with E-state index in [1.54, 1.807) is 0 Å². The van der Waals surface area contributed by atoms with Gasteiger partial charge in [0.25, 0.3) is 0 Å². The van der Waals surface area contributed by atoms with Crippen molar-refractivity contribution in [3.05, 3.63) is 23.0 Å². The highest BCUT2D eigenvalue weighted by Crippen LogP contribution is 2.34. The van der Waals surface area contributed by atoms with Gasteiger partial charge in [-0.3, -0.25) is 4.79 Å². The number of halogens is 2. The van der Waals surface area contributed by atoms with Crippen molar-refractivity contribution in [1.82, 2.24) is 0 Å². The summed E-state index contributed by atoms with van der Waals surface area (Å²) >= 11 is 5.67. The zero-order valence-electron chi connectivity index (χ0n) is 6.53. The van der Waals surface area contributed by atoms with Crippen LogP contribution in [0.2, 0.25) is 5.02 Å². The minimum atomic E-state index is -0.496. The number of amides is 1. The van der Waals surface area contributed by atoms with E-state index >= 15 is 0 Å². The number of hydrogen-bond acceptors (Lipinski definition) is 2. The summed E-state index contributed by atoms with van der Waals surface area (Å²) in [6.07, 6.45) is 0. The van der Waals surface area contributed by atoms with Crippen molar-refractivity contribution < 1.29 is 9.18 Å². The molecule has 13 heavy (non-hydrogen) atoms. The Balaban J connectivity index is 2.53. The highest BCUT2D eigenvalue weighted by Gasteiger charge is 2.18. The third-order valence-electron chi connectivity index (χ3n) is 1.79. The van der Waals surface area contributed by atoms with Crippen molar-refractivity contribution in [2.24, 2.45) is 0 Å². The quantitative estimate of drug-likeness (QED) is 0.671. The zero-order chi connectivity index (χ0) is 9.42. The fraction of sp³-hybridized carbons (Fsp3) is 0.125. The van der Waals surface area contributed by atoms with Gasteiger partial charge in [-0.05, 0) is 12.1 Å². The number of fused-ring (bicyclic) bond motifs is 1. The van der Waals surface area contributed by atoms with E-state index in [1.807, 2.05) is 0 Å². The fourth-order valence-corrected chi connectivity index (χ4v) is 1.42. The molecule has 0 aliphatic carbocycles. The van der Waals surface area contributed by atoms with Crippen molar-refractivity contribution in [3.63, 3.8) is 0 Å². The molecule has 3 nitrogen and oxygen atoms in total. The first kappa shape index (κ1) is 8.31. The van der Waals surface area contributed by atoms with Gasteiger partial charge in [-0.2, -0.15) is 0 Å². The molecular weight excluding hydrogens is 195 g/mol. The van der Waals surface area contributed by atoms with Gasteiger partial charge >= 0.3 is 0 Å². The molecule has 0 saturated carbocycles. The Labute approximate surface area is 78.9 Å². The third kappa shape index (κ3) is 1.33. The first-order chi connectivity index (χ1) is 6.18. The molecule has 0 aromatic heterocycles. The second kappa shape index (κ2) is 2.88. The molecule has 0 atom stereocenters. The van der Waals surface area contributed by atoms with Gasteiger partial charge in [0, 0.05) is 0 Å². The summed E-state index contributed by atoms with van der Waals surface area (Å²) in [7, 11) is 0. The molecule has 0 bridgehead atoms. The number of anilines is 2. The Morgan fingerprint density at radius 1 is 1.46 bits per heavy atom. The molecule has 1 heterocycles. The molecule has 0 unspecified atom stereocenters. The summed E-state index contributed by atoms with van der Waals surface area (Å²) in [5.41, 5.74) is 0.962. The summed E-state index contributed by atoms with van der Waals surface area (Å²) in [5.74, 6) is -0.653. The molecule has 1 amide bonds. The summed E-state index contributed by atoms with van der Waals surface area (Å²) in [6.45, 7) is 0.121. The van der Waals surface area contributed by atoms with E-state index in [1.165, 1.54) is 12.1 Å². The largest absolute Gasteiger partial charge is 0.373 e. The lowest BCUT2D eigenvalue weighted by molar-refractivity contribution is -0.114. The van der Waals surface area contributed by atoms with Gasteiger partial charge in [-0.25, -0.2) is 4.39 Å². The predicted octanol–water partition coefficient (Wildman–Crippen LogP) is 1.84. The van der Waals surface area contributed by atoms with Crippen molar-refractivity contribution >= 4 is 28.9 Å². The van der Waals surface area contributed by atoms with Gasteiger partial charge in [0.05, 0.1) is 17.9 Å². The molecule has 2 rings (SSSR count). The molecule has 1 aliphatic rings. The van der Waals surface area contributed by atoms with Gasteiger partial charge in [0.1, 0.15) is 10.8 Å². The van der Waals surface area contributed by atoms with E-state index in [0.29, 0.717) is 11.4 Å². The molecule has 0 fully saturated rings. The molecule has 1 aromatic carbocycles. The minimum Gasteiger partial charge on any atom is -0.373 e. The molecule has 0 spiro atoms. The summed E-state index contributed by atoms with van der Waals surface area (Å²) in [6, 6.07) is 2.69. The maximum atomic E-state index is 12.9. The van der Waals surface area contributed by atoms with Crippen LogP contribution in [0.5, 0.6) is 0 Å². The van der Waals surface area contributed by atoms with Gasteiger partial charge in [0.15, 0.2) is 0 Å². The summed E-state index contributed by atoms with van der Waals surface area (Å²) in [4.78, 5) is 10.9. The van der Waals surface area contributed by atoms with Crippen LogP contribution < -0.4 is 10.6 Å². The van der Waals surface area contributed by atoms with Crippen LogP contribution >= 0.6 is 11.6 Å². The normalized spacial score (nSPS) is 14.5. The van der Waals surface area contributed by atoms with Gasteiger partial charge in [-0.15, -0.1) is 0 Å². The number of rotatable bonds is 0. The highest BCUT2D eigenvalue weighted by molar-refractivity contribution is 6.34. The Bertz CT molecular complexity index is 381. The lowest BCUT2D eigenvalue weighted by atomic mass is 10.2. The van der Waals surface area contributed by atoms with E-state index in [9.17, 15) is 9.18 Å². The van der Waals surface area contributed by atoms with E-state index in [-0.39, 0.29) is 17.5 Å². The highest BCUT2D eigenvalue weighted by atomic mass is 35.5. The lowest BCUT2D eigenvalue weighted by Crippen LogP contribution is -2.27. The van der Waals surface area contributed by atoms with Crippen LogP contribution in [0, 0.1) is 5.82 Å². The van der Waals surface area contributed by atoms with E-state index in [2.05, 4.69) is 10.6 Å². The first-order valence-electron chi connectivity index (χ1n) is 3.70. The van der Waals surface area contributed by atoms with Crippen molar-refractivity contribution in [3.8, 4) is 0 Å². The summed E-state index contributed by atoms with van der Waals surface area (Å²) in [5, 5.41) is 5.32. The van der Waals surface area contributed by atoms with Gasteiger partial charge < -0.3 is 10.6 Å². The Hall–Kier alpha value is -1.29. The molecule has 68 valence electrons.